The molecule has 0 aliphatic rings. The molecule has 0 fully saturated rings. The minimum Gasteiger partial charge on any atom is -0.444 e. The van der Waals surface area contributed by atoms with E-state index in [1.807, 2.05) is 33.9 Å². The van der Waals surface area contributed by atoms with E-state index in [4.69, 9.17) is 4.74 Å². The van der Waals surface area contributed by atoms with Gasteiger partial charge in [-0.05, 0) is 58.4 Å². The number of amides is 1. The summed E-state index contributed by atoms with van der Waals surface area (Å²) in [5, 5.41) is 2.72. The van der Waals surface area contributed by atoms with E-state index in [0.717, 1.165) is 18.5 Å². The van der Waals surface area contributed by atoms with Crippen LogP contribution in [0.2, 0.25) is 0 Å². The average molecular weight is 310 g/mol. The number of likely N-dealkylation sites (N-methyl/N-ethyl adjacent to an activating group) is 1. The van der Waals surface area contributed by atoms with Crippen LogP contribution >= 0.6 is 0 Å². The van der Waals surface area contributed by atoms with E-state index in [9.17, 15) is 9.18 Å². The third-order valence-electron chi connectivity index (χ3n) is 3.18. The lowest BCUT2D eigenvalue weighted by atomic mass is 10.1. The Bertz CT molecular complexity index is 498. The summed E-state index contributed by atoms with van der Waals surface area (Å²) in [6, 6.07) is 5.34. The van der Waals surface area contributed by atoms with Gasteiger partial charge in [-0.3, -0.25) is 0 Å². The Kier molecular flexibility index (Phi) is 6.81. The summed E-state index contributed by atoms with van der Waals surface area (Å²) < 4.78 is 18.6. The van der Waals surface area contributed by atoms with Crippen molar-refractivity contribution in [1.82, 2.24) is 10.2 Å². The first kappa shape index (κ1) is 18.4. The minimum atomic E-state index is -0.481. The van der Waals surface area contributed by atoms with Gasteiger partial charge in [0, 0.05) is 19.6 Å². The molecule has 22 heavy (non-hydrogen) atoms. The fourth-order valence-electron chi connectivity index (χ4n) is 1.89. The molecule has 0 atom stereocenters. The molecular formula is C17H27FN2O2. The van der Waals surface area contributed by atoms with Crippen LogP contribution < -0.4 is 5.32 Å². The first-order valence-electron chi connectivity index (χ1n) is 7.58. The van der Waals surface area contributed by atoms with E-state index in [-0.39, 0.29) is 5.82 Å². The predicted octanol–water partition coefficient (Wildman–Crippen LogP) is 3.13. The van der Waals surface area contributed by atoms with Gasteiger partial charge in [0.15, 0.2) is 0 Å². The predicted molar refractivity (Wildman–Crippen MR) is 86.6 cm³/mol. The van der Waals surface area contributed by atoms with Gasteiger partial charge in [-0.1, -0.05) is 12.1 Å². The third kappa shape index (κ3) is 7.41. The normalized spacial score (nSPS) is 11.6. The zero-order valence-electron chi connectivity index (χ0n) is 14.2. The standard InChI is InChI=1S/C17H27FN2O2/c1-13-6-7-14(12-15(13)18)8-10-20(5)11-9-19-16(21)22-17(2,3)4/h6-7,12H,8-11H2,1-5H3,(H,19,21). The van der Waals surface area contributed by atoms with Gasteiger partial charge in [0.1, 0.15) is 11.4 Å². The summed E-state index contributed by atoms with van der Waals surface area (Å²) in [4.78, 5) is 13.6. The van der Waals surface area contributed by atoms with Gasteiger partial charge in [0.25, 0.3) is 0 Å². The number of nitrogens with zero attached hydrogens (tertiary/aromatic N) is 1. The summed E-state index contributed by atoms with van der Waals surface area (Å²) in [6.45, 7) is 9.30. The van der Waals surface area contributed by atoms with Gasteiger partial charge in [0.2, 0.25) is 0 Å². The molecule has 1 amide bonds. The van der Waals surface area contributed by atoms with Gasteiger partial charge in [-0.15, -0.1) is 0 Å². The number of ether oxygens (including phenoxy) is 1. The third-order valence-corrected chi connectivity index (χ3v) is 3.18. The van der Waals surface area contributed by atoms with Gasteiger partial charge >= 0.3 is 6.09 Å². The lowest BCUT2D eigenvalue weighted by Gasteiger charge is -2.21. The number of aryl methyl sites for hydroxylation is 1. The molecule has 0 unspecified atom stereocenters. The summed E-state index contributed by atoms with van der Waals surface area (Å²) in [5.74, 6) is -0.160. The molecule has 1 aromatic carbocycles. The number of alkyl carbamates (subject to hydrolysis) is 1. The Morgan fingerprint density at radius 3 is 2.59 bits per heavy atom. The van der Waals surface area contributed by atoms with Crippen LogP contribution in [0, 0.1) is 12.7 Å². The Hall–Kier alpha value is -1.62. The summed E-state index contributed by atoms with van der Waals surface area (Å²) >= 11 is 0. The van der Waals surface area contributed by atoms with Crippen molar-refractivity contribution in [2.75, 3.05) is 26.7 Å². The fourth-order valence-corrected chi connectivity index (χ4v) is 1.89. The van der Waals surface area contributed by atoms with Gasteiger partial charge in [0.05, 0.1) is 0 Å². The topological polar surface area (TPSA) is 41.6 Å². The van der Waals surface area contributed by atoms with E-state index in [2.05, 4.69) is 10.2 Å². The highest BCUT2D eigenvalue weighted by Gasteiger charge is 2.15. The van der Waals surface area contributed by atoms with Crippen molar-refractivity contribution in [2.45, 2.75) is 39.7 Å². The fraction of sp³-hybridized carbons (Fsp3) is 0.588. The largest absolute Gasteiger partial charge is 0.444 e. The molecule has 0 spiro atoms. The van der Waals surface area contributed by atoms with Crippen LogP contribution in [0.25, 0.3) is 0 Å². The van der Waals surface area contributed by atoms with Crippen LogP contribution in [0.1, 0.15) is 31.9 Å². The molecule has 1 N–H and O–H groups in total. The Labute approximate surface area is 132 Å². The smallest absolute Gasteiger partial charge is 0.407 e. The lowest BCUT2D eigenvalue weighted by molar-refractivity contribution is 0.0523. The maximum Gasteiger partial charge on any atom is 0.407 e. The Balaban J connectivity index is 2.25. The SMILES string of the molecule is Cc1ccc(CCN(C)CCNC(=O)OC(C)(C)C)cc1F. The van der Waals surface area contributed by atoms with Crippen molar-refractivity contribution in [3.63, 3.8) is 0 Å². The first-order chi connectivity index (χ1) is 10.2. The number of carbonyl (C=O) groups excluding carboxylic acids is 1. The number of carbonyl (C=O) groups is 1. The number of rotatable bonds is 6. The molecule has 0 radical (unpaired) electrons. The second kappa shape index (κ2) is 8.13. The molecule has 124 valence electrons. The minimum absolute atomic E-state index is 0.160. The number of halogens is 1. The molecule has 0 aliphatic carbocycles. The zero-order chi connectivity index (χ0) is 16.8. The number of hydrogen-bond acceptors (Lipinski definition) is 3. The number of benzene rings is 1. The molecule has 0 bridgehead atoms. The summed E-state index contributed by atoms with van der Waals surface area (Å²) in [5.41, 5.74) is 1.17. The van der Waals surface area contributed by atoms with Crippen LogP contribution in [0.15, 0.2) is 18.2 Å². The number of nitrogens with one attached hydrogen (secondary N) is 1. The van der Waals surface area contributed by atoms with Crippen LogP contribution in [-0.4, -0.2) is 43.3 Å². The molecule has 0 saturated carbocycles. The molecule has 0 aliphatic heterocycles. The molecule has 4 nitrogen and oxygen atoms in total. The molecule has 1 aromatic rings. The molecular weight excluding hydrogens is 283 g/mol. The highest BCUT2D eigenvalue weighted by Crippen LogP contribution is 2.10. The first-order valence-corrected chi connectivity index (χ1v) is 7.58. The van der Waals surface area contributed by atoms with E-state index in [0.29, 0.717) is 18.7 Å². The van der Waals surface area contributed by atoms with Crippen molar-refractivity contribution in [1.29, 1.82) is 0 Å². The summed E-state index contributed by atoms with van der Waals surface area (Å²) in [6.07, 6.45) is 0.377. The quantitative estimate of drug-likeness (QED) is 0.877. The second-order valence-corrected chi connectivity index (χ2v) is 6.57. The highest BCUT2D eigenvalue weighted by atomic mass is 19.1. The molecule has 1 rings (SSSR count). The maximum atomic E-state index is 13.5. The average Bonchev–Trinajstić information content (AvgIpc) is 2.38. The van der Waals surface area contributed by atoms with Crippen LogP contribution in [0.3, 0.4) is 0 Å². The zero-order valence-corrected chi connectivity index (χ0v) is 14.2. The molecule has 0 heterocycles. The van der Waals surface area contributed by atoms with Crippen molar-refractivity contribution in [2.24, 2.45) is 0 Å². The van der Waals surface area contributed by atoms with Crippen LogP contribution in [-0.2, 0) is 11.2 Å². The van der Waals surface area contributed by atoms with Crippen molar-refractivity contribution in [3.8, 4) is 0 Å². The van der Waals surface area contributed by atoms with Crippen LogP contribution in [0.4, 0.5) is 9.18 Å². The Morgan fingerprint density at radius 1 is 1.32 bits per heavy atom. The highest BCUT2D eigenvalue weighted by molar-refractivity contribution is 5.67. The van der Waals surface area contributed by atoms with E-state index < -0.39 is 11.7 Å². The monoisotopic (exact) mass is 310 g/mol. The molecule has 5 heteroatoms. The van der Waals surface area contributed by atoms with E-state index in [1.165, 1.54) is 0 Å². The van der Waals surface area contributed by atoms with E-state index >= 15 is 0 Å². The maximum absolute atomic E-state index is 13.5. The van der Waals surface area contributed by atoms with Crippen molar-refractivity contribution >= 4 is 6.09 Å². The molecule has 0 aromatic heterocycles. The van der Waals surface area contributed by atoms with Crippen molar-refractivity contribution in [3.05, 3.63) is 35.1 Å². The van der Waals surface area contributed by atoms with Gasteiger partial charge in [-0.2, -0.15) is 0 Å². The van der Waals surface area contributed by atoms with Gasteiger partial charge in [-0.25, -0.2) is 9.18 Å². The van der Waals surface area contributed by atoms with Gasteiger partial charge < -0.3 is 15.0 Å². The molecule has 0 saturated heterocycles. The van der Waals surface area contributed by atoms with Crippen molar-refractivity contribution < 1.29 is 13.9 Å². The summed E-state index contributed by atoms with van der Waals surface area (Å²) in [7, 11) is 1.97. The van der Waals surface area contributed by atoms with Crippen LogP contribution in [0.5, 0.6) is 0 Å². The second-order valence-electron chi connectivity index (χ2n) is 6.57. The lowest BCUT2D eigenvalue weighted by Crippen LogP contribution is -2.37. The Morgan fingerprint density at radius 2 is 2.00 bits per heavy atom. The van der Waals surface area contributed by atoms with E-state index in [1.54, 1.807) is 19.1 Å². The number of hydrogen-bond donors (Lipinski definition) is 1.